The molecule has 0 amide bonds. The standard InChI is InChI=1S/C24H29ClN4O4S/c1-5-33-23(30)16-8-10-29(11-9-16)24-27-21(19-20(25)14(2)34-22(19)28-24)26-13-15-6-7-17(31-3)18(12-15)32-4/h6-7,12,16H,5,8-11,13H2,1-4H3,(H,26,27,28). The van der Waals surface area contributed by atoms with Crippen molar-refractivity contribution in [3.8, 4) is 11.5 Å². The summed E-state index contributed by atoms with van der Waals surface area (Å²) in [6, 6.07) is 5.80. The topological polar surface area (TPSA) is 85.8 Å². The molecule has 3 aromatic rings. The fourth-order valence-electron chi connectivity index (χ4n) is 4.09. The van der Waals surface area contributed by atoms with Gasteiger partial charge in [-0.05, 0) is 44.4 Å². The summed E-state index contributed by atoms with van der Waals surface area (Å²) < 4.78 is 15.9. The Morgan fingerprint density at radius 2 is 1.94 bits per heavy atom. The molecule has 1 saturated heterocycles. The Morgan fingerprint density at radius 1 is 1.21 bits per heavy atom. The van der Waals surface area contributed by atoms with Gasteiger partial charge in [0, 0.05) is 24.5 Å². The van der Waals surface area contributed by atoms with Crippen molar-refractivity contribution in [3.05, 3.63) is 33.7 Å². The second-order valence-corrected chi connectivity index (χ2v) is 9.66. The number of carbonyl (C=O) groups is 1. The molecule has 0 unspecified atom stereocenters. The van der Waals surface area contributed by atoms with E-state index in [1.807, 2.05) is 32.0 Å². The molecule has 0 aliphatic carbocycles. The van der Waals surface area contributed by atoms with Crippen LogP contribution in [-0.4, -0.2) is 49.9 Å². The number of aromatic nitrogens is 2. The number of piperidine rings is 1. The molecule has 0 spiro atoms. The second-order valence-electron chi connectivity index (χ2n) is 8.08. The van der Waals surface area contributed by atoms with Crippen molar-refractivity contribution in [3.63, 3.8) is 0 Å². The van der Waals surface area contributed by atoms with Gasteiger partial charge in [0.1, 0.15) is 10.6 Å². The van der Waals surface area contributed by atoms with E-state index in [0.29, 0.717) is 54.5 Å². The lowest BCUT2D eigenvalue weighted by atomic mass is 9.97. The van der Waals surface area contributed by atoms with Crippen LogP contribution in [0, 0.1) is 12.8 Å². The number of hydrogen-bond donors (Lipinski definition) is 1. The highest BCUT2D eigenvalue weighted by molar-refractivity contribution is 7.19. The van der Waals surface area contributed by atoms with Crippen LogP contribution in [0.1, 0.15) is 30.2 Å². The molecular weight excluding hydrogens is 476 g/mol. The predicted molar refractivity (Wildman–Crippen MR) is 136 cm³/mol. The van der Waals surface area contributed by atoms with Crippen LogP contribution in [0.2, 0.25) is 5.02 Å². The summed E-state index contributed by atoms with van der Waals surface area (Å²) in [7, 11) is 3.24. The maximum Gasteiger partial charge on any atom is 0.309 e. The largest absolute Gasteiger partial charge is 0.493 e. The first kappa shape index (κ1) is 24.3. The molecule has 4 rings (SSSR count). The van der Waals surface area contributed by atoms with Gasteiger partial charge < -0.3 is 24.4 Å². The van der Waals surface area contributed by atoms with Crippen LogP contribution in [0.15, 0.2) is 18.2 Å². The predicted octanol–water partition coefficient (Wildman–Crippen LogP) is 5.06. The molecule has 0 bridgehead atoms. The summed E-state index contributed by atoms with van der Waals surface area (Å²) in [4.78, 5) is 25.7. The van der Waals surface area contributed by atoms with Crippen LogP contribution >= 0.6 is 22.9 Å². The number of aryl methyl sites for hydroxylation is 1. The number of ether oxygens (including phenoxy) is 3. The minimum absolute atomic E-state index is 0.0685. The Hall–Kier alpha value is -2.78. The minimum Gasteiger partial charge on any atom is -0.493 e. The summed E-state index contributed by atoms with van der Waals surface area (Å²) >= 11 is 8.18. The lowest BCUT2D eigenvalue weighted by molar-refractivity contribution is -0.148. The van der Waals surface area contributed by atoms with Gasteiger partial charge >= 0.3 is 5.97 Å². The zero-order valence-corrected chi connectivity index (χ0v) is 21.4. The first-order valence-corrected chi connectivity index (χ1v) is 12.5. The number of fused-ring (bicyclic) bond motifs is 1. The number of benzene rings is 1. The van der Waals surface area contributed by atoms with E-state index in [9.17, 15) is 4.79 Å². The second kappa shape index (κ2) is 10.7. The van der Waals surface area contributed by atoms with E-state index in [4.69, 9.17) is 35.8 Å². The smallest absolute Gasteiger partial charge is 0.309 e. The Bertz CT molecular complexity index is 1180. The van der Waals surface area contributed by atoms with E-state index in [2.05, 4.69) is 10.2 Å². The van der Waals surface area contributed by atoms with Crippen molar-refractivity contribution in [2.45, 2.75) is 33.2 Å². The highest BCUT2D eigenvalue weighted by Crippen LogP contribution is 2.39. The normalized spacial score (nSPS) is 14.3. The van der Waals surface area contributed by atoms with Gasteiger partial charge in [-0.1, -0.05) is 17.7 Å². The van der Waals surface area contributed by atoms with Crippen LogP contribution in [0.5, 0.6) is 11.5 Å². The van der Waals surface area contributed by atoms with Crippen molar-refractivity contribution in [2.75, 3.05) is 44.1 Å². The Morgan fingerprint density at radius 3 is 2.62 bits per heavy atom. The number of methoxy groups -OCH3 is 2. The zero-order chi connectivity index (χ0) is 24.2. The molecule has 1 aliphatic heterocycles. The number of hydrogen-bond acceptors (Lipinski definition) is 9. The fraction of sp³-hybridized carbons (Fsp3) is 0.458. The van der Waals surface area contributed by atoms with Crippen LogP contribution in [-0.2, 0) is 16.1 Å². The molecule has 1 N–H and O–H groups in total. The summed E-state index contributed by atoms with van der Waals surface area (Å²) in [5.74, 6) is 2.50. The van der Waals surface area contributed by atoms with Gasteiger partial charge in [-0.2, -0.15) is 4.98 Å². The van der Waals surface area contributed by atoms with Gasteiger partial charge in [-0.15, -0.1) is 11.3 Å². The van der Waals surface area contributed by atoms with Crippen molar-refractivity contribution in [1.29, 1.82) is 0 Å². The highest BCUT2D eigenvalue weighted by atomic mass is 35.5. The Balaban J connectivity index is 1.58. The molecule has 0 saturated carbocycles. The van der Waals surface area contributed by atoms with Crippen molar-refractivity contribution in [1.82, 2.24) is 9.97 Å². The number of carbonyl (C=O) groups excluding carboxylic acids is 1. The Labute approximate surface area is 208 Å². The van der Waals surface area contributed by atoms with Crippen molar-refractivity contribution >= 4 is 50.9 Å². The van der Waals surface area contributed by atoms with Crippen molar-refractivity contribution in [2.24, 2.45) is 5.92 Å². The third kappa shape index (κ3) is 5.00. The van der Waals surface area contributed by atoms with Gasteiger partial charge in [0.2, 0.25) is 5.95 Å². The van der Waals surface area contributed by atoms with Gasteiger partial charge in [0.15, 0.2) is 11.5 Å². The maximum absolute atomic E-state index is 12.1. The van der Waals surface area contributed by atoms with Crippen LogP contribution in [0.3, 0.4) is 0 Å². The number of nitrogens with one attached hydrogen (secondary N) is 1. The number of anilines is 2. The first-order valence-electron chi connectivity index (χ1n) is 11.3. The average Bonchev–Trinajstić information content (AvgIpc) is 3.15. The molecular formula is C24H29ClN4O4S. The fourth-order valence-corrected chi connectivity index (χ4v) is 5.35. The zero-order valence-electron chi connectivity index (χ0n) is 19.8. The van der Waals surface area contributed by atoms with E-state index in [1.165, 1.54) is 0 Å². The molecule has 1 aromatic carbocycles. The number of thiophene rings is 1. The monoisotopic (exact) mass is 504 g/mol. The SMILES string of the molecule is CCOC(=O)C1CCN(c2nc(NCc3ccc(OC)c(OC)c3)c3c(Cl)c(C)sc3n2)CC1. The molecule has 3 heterocycles. The quantitative estimate of drug-likeness (QED) is 0.426. The molecule has 1 fully saturated rings. The first-order chi connectivity index (χ1) is 16.4. The third-order valence-electron chi connectivity index (χ3n) is 5.95. The maximum atomic E-state index is 12.1. The van der Waals surface area contributed by atoms with Gasteiger partial charge in [-0.3, -0.25) is 4.79 Å². The van der Waals surface area contributed by atoms with E-state index in [1.54, 1.807) is 25.6 Å². The van der Waals surface area contributed by atoms with E-state index < -0.39 is 0 Å². The summed E-state index contributed by atoms with van der Waals surface area (Å²) in [5.41, 5.74) is 1.02. The third-order valence-corrected chi connectivity index (χ3v) is 7.53. The minimum atomic E-state index is -0.114. The molecule has 2 aromatic heterocycles. The van der Waals surface area contributed by atoms with E-state index in [-0.39, 0.29) is 11.9 Å². The summed E-state index contributed by atoms with van der Waals surface area (Å²) in [6.07, 6.45) is 1.44. The number of nitrogens with zero attached hydrogens (tertiary/aromatic N) is 3. The van der Waals surface area contributed by atoms with Crippen molar-refractivity contribution < 1.29 is 19.0 Å². The van der Waals surface area contributed by atoms with Crippen LogP contribution < -0.4 is 19.7 Å². The summed E-state index contributed by atoms with van der Waals surface area (Å²) in [6.45, 7) is 6.15. The number of esters is 1. The molecule has 182 valence electrons. The molecule has 0 radical (unpaired) electrons. The van der Waals surface area contributed by atoms with E-state index >= 15 is 0 Å². The average molecular weight is 505 g/mol. The number of rotatable bonds is 8. The number of halogens is 1. The molecule has 1 aliphatic rings. The molecule has 0 atom stereocenters. The lowest BCUT2D eigenvalue weighted by Gasteiger charge is -2.31. The van der Waals surface area contributed by atoms with Crippen LogP contribution in [0.25, 0.3) is 10.2 Å². The molecule has 8 nitrogen and oxygen atoms in total. The molecule has 34 heavy (non-hydrogen) atoms. The van der Waals surface area contributed by atoms with Gasteiger partial charge in [0.25, 0.3) is 0 Å². The molecule has 10 heteroatoms. The highest BCUT2D eigenvalue weighted by Gasteiger charge is 2.28. The van der Waals surface area contributed by atoms with Crippen LogP contribution in [0.4, 0.5) is 11.8 Å². The van der Waals surface area contributed by atoms with Gasteiger partial charge in [0.05, 0.1) is 37.2 Å². The Kier molecular flexibility index (Phi) is 7.63. The van der Waals surface area contributed by atoms with E-state index in [0.717, 1.165) is 33.5 Å². The lowest BCUT2D eigenvalue weighted by Crippen LogP contribution is -2.38. The summed E-state index contributed by atoms with van der Waals surface area (Å²) in [5, 5.41) is 4.94. The van der Waals surface area contributed by atoms with Gasteiger partial charge in [-0.25, -0.2) is 4.98 Å².